The van der Waals surface area contributed by atoms with Gasteiger partial charge in [0.05, 0.1) is 13.2 Å². The summed E-state index contributed by atoms with van der Waals surface area (Å²) < 4.78 is 11.2. The average Bonchev–Trinajstić information content (AvgIpc) is 2.69. The topological polar surface area (TPSA) is 59.6 Å². The van der Waals surface area contributed by atoms with Crippen molar-refractivity contribution in [2.45, 2.75) is 6.92 Å². The van der Waals surface area contributed by atoms with Crippen LogP contribution in [-0.4, -0.2) is 19.1 Å². The third-order valence-electron chi connectivity index (χ3n) is 3.72. The molecule has 0 atom stereocenters. The molecule has 0 saturated heterocycles. The quantitative estimate of drug-likeness (QED) is 0.597. The number of nitrogens with one attached hydrogen (secondary N) is 2. The number of hydrogen-bond acceptors (Lipinski definition) is 4. The largest absolute Gasteiger partial charge is 0.494 e. The molecule has 0 aliphatic heterocycles. The zero-order valence-electron chi connectivity index (χ0n) is 15.1. The van der Waals surface area contributed by atoms with Gasteiger partial charge in [0, 0.05) is 17.4 Å². The van der Waals surface area contributed by atoms with Crippen LogP contribution in [0.5, 0.6) is 17.2 Å². The van der Waals surface area contributed by atoms with E-state index in [2.05, 4.69) is 10.6 Å². The maximum Gasteiger partial charge on any atom is 0.243 e. The molecule has 0 fully saturated rings. The van der Waals surface area contributed by atoms with Gasteiger partial charge in [-0.3, -0.25) is 4.79 Å². The smallest absolute Gasteiger partial charge is 0.243 e. The van der Waals surface area contributed by atoms with Gasteiger partial charge in [-0.05, 0) is 55.5 Å². The Morgan fingerprint density at radius 2 is 1.52 bits per heavy atom. The molecule has 0 heterocycles. The van der Waals surface area contributed by atoms with Gasteiger partial charge in [0.15, 0.2) is 0 Å². The van der Waals surface area contributed by atoms with Gasteiger partial charge in [-0.1, -0.05) is 24.3 Å². The number of benzene rings is 3. The molecule has 0 aliphatic rings. The first-order valence-electron chi connectivity index (χ1n) is 8.82. The molecule has 138 valence electrons. The predicted molar refractivity (Wildman–Crippen MR) is 108 cm³/mol. The molecule has 5 nitrogen and oxygen atoms in total. The van der Waals surface area contributed by atoms with Crippen LogP contribution in [0.15, 0.2) is 78.9 Å². The van der Waals surface area contributed by atoms with Gasteiger partial charge < -0.3 is 20.1 Å². The molecule has 3 rings (SSSR count). The lowest BCUT2D eigenvalue weighted by molar-refractivity contribution is -0.114. The second-order valence-corrected chi connectivity index (χ2v) is 5.80. The van der Waals surface area contributed by atoms with Gasteiger partial charge in [0.2, 0.25) is 5.91 Å². The van der Waals surface area contributed by atoms with Crippen molar-refractivity contribution in [2.24, 2.45) is 0 Å². The summed E-state index contributed by atoms with van der Waals surface area (Å²) in [6.07, 6.45) is 0. The first-order chi connectivity index (χ1) is 13.2. The number of anilines is 2. The highest BCUT2D eigenvalue weighted by molar-refractivity contribution is 5.93. The fraction of sp³-hybridized carbons (Fsp3) is 0.136. The number of ether oxygens (including phenoxy) is 2. The summed E-state index contributed by atoms with van der Waals surface area (Å²) in [5, 5.41) is 5.95. The van der Waals surface area contributed by atoms with Gasteiger partial charge in [0.1, 0.15) is 17.2 Å². The van der Waals surface area contributed by atoms with E-state index in [4.69, 9.17) is 9.47 Å². The molecular weight excluding hydrogens is 340 g/mol. The molecule has 3 aromatic rings. The summed E-state index contributed by atoms with van der Waals surface area (Å²) in [4.78, 5) is 12.1. The highest BCUT2D eigenvalue weighted by Crippen LogP contribution is 2.22. The van der Waals surface area contributed by atoms with Gasteiger partial charge in [-0.2, -0.15) is 0 Å². The summed E-state index contributed by atoms with van der Waals surface area (Å²) >= 11 is 0. The van der Waals surface area contributed by atoms with E-state index >= 15 is 0 Å². The van der Waals surface area contributed by atoms with Crippen molar-refractivity contribution in [1.29, 1.82) is 0 Å². The molecule has 3 aromatic carbocycles. The Hall–Kier alpha value is -3.47. The molecule has 0 radical (unpaired) electrons. The first kappa shape index (κ1) is 18.3. The van der Waals surface area contributed by atoms with Crippen molar-refractivity contribution in [2.75, 3.05) is 23.8 Å². The third-order valence-corrected chi connectivity index (χ3v) is 3.72. The molecule has 2 N–H and O–H groups in total. The molecule has 0 aliphatic carbocycles. The Balaban J connectivity index is 1.49. The molecule has 0 bridgehead atoms. The van der Waals surface area contributed by atoms with Crippen molar-refractivity contribution >= 4 is 17.3 Å². The van der Waals surface area contributed by atoms with Crippen LogP contribution in [0.1, 0.15) is 6.92 Å². The molecule has 5 heteroatoms. The van der Waals surface area contributed by atoms with Crippen LogP contribution in [-0.2, 0) is 4.79 Å². The minimum absolute atomic E-state index is 0.131. The molecule has 0 spiro atoms. The first-order valence-corrected chi connectivity index (χ1v) is 8.82. The Bertz CT molecular complexity index is 864. The van der Waals surface area contributed by atoms with E-state index in [1.807, 2.05) is 79.7 Å². The maximum atomic E-state index is 12.1. The number of hydrogen-bond donors (Lipinski definition) is 2. The van der Waals surface area contributed by atoms with Gasteiger partial charge in [0.25, 0.3) is 0 Å². The number of amides is 1. The highest BCUT2D eigenvalue weighted by Gasteiger charge is 2.04. The Labute approximate surface area is 158 Å². The van der Waals surface area contributed by atoms with Crippen LogP contribution >= 0.6 is 0 Å². The van der Waals surface area contributed by atoms with Gasteiger partial charge in [-0.15, -0.1) is 0 Å². The van der Waals surface area contributed by atoms with E-state index in [0.717, 1.165) is 22.9 Å². The van der Waals surface area contributed by atoms with Crippen LogP contribution in [0.25, 0.3) is 0 Å². The fourth-order valence-electron chi connectivity index (χ4n) is 2.48. The van der Waals surface area contributed by atoms with Gasteiger partial charge >= 0.3 is 0 Å². The molecule has 0 unspecified atom stereocenters. The van der Waals surface area contributed by atoms with Crippen molar-refractivity contribution in [3.8, 4) is 17.2 Å². The number of para-hydroxylation sites is 1. The Morgan fingerprint density at radius 3 is 2.26 bits per heavy atom. The molecular formula is C22H22N2O3. The lowest BCUT2D eigenvalue weighted by atomic mass is 10.3. The van der Waals surface area contributed by atoms with E-state index in [1.54, 1.807) is 6.07 Å². The average molecular weight is 362 g/mol. The van der Waals surface area contributed by atoms with Crippen molar-refractivity contribution < 1.29 is 14.3 Å². The van der Waals surface area contributed by atoms with E-state index in [9.17, 15) is 4.79 Å². The highest BCUT2D eigenvalue weighted by atomic mass is 16.5. The van der Waals surface area contributed by atoms with E-state index in [0.29, 0.717) is 12.3 Å². The molecule has 0 saturated carbocycles. The van der Waals surface area contributed by atoms with Crippen molar-refractivity contribution in [3.05, 3.63) is 78.9 Å². The zero-order chi connectivity index (χ0) is 18.9. The zero-order valence-corrected chi connectivity index (χ0v) is 15.1. The summed E-state index contributed by atoms with van der Waals surface area (Å²) in [6, 6.07) is 24.4. The predicted octanol–water partition coefficient (Wildman–Crippen LogP) is 4.93. The minimum Gasteiger partial charge on any atom is -0.494 e. The van der Waals surface area contributed by atoms with E-state index < -0.39 is 0 Å². The lowest BCUT2D eigenvalue weighted by Gasteiger charge is -2.10. The third kappa shape index (κ3) is 5.78. The molecule has 27 heavy (non-hydrogen) atoms. The van der Waals surface area contributed by atoms with E-state index in [-0.39, 0.29) is 12.5 Å². The normalized spacial score (nSPS) is 10.1. The van der Waals surface area contributed by atoms with Crippen LogP contribution in [0.3, 0.4) is 0 Å². The number of rotatable bonds is 8. The van der Waals surface area contributed by atoms with Crippen LogP contribution < -0.4 is 20.1 Å². The maximum absolute atomic E-state index is 12.1. The summed E-state index contributed by atoms with van der Waals surface area (Å²) in [6.45, 7) is 2.67. The second-order valence-electron chi connectivity index (χ2n) is 5.80. The summed E-state index contributed by atoms with van der Waals surface area (Å²) in [7, 11) is 0. The van der Waals surface area contributed by atoms with Crippen molar-refractivity contribution in [3.63, 3.8) is 0 Å². The van der Waals surface area contributed by atoms with Crippen LogP contribution in [0, 0.1) is 0 Å². The number of carbonyl (C=O) groups is 1. The number of carbonyl (C=O) groups excluding carboxylic acids is 1. The lowest BCUT2D eigenvalue weighted by Crippen LogP contribution is -2.21. The molecule has 0 aromatic heterocycles. The Kier molecular flexibility index (Phi) is 6.30. The standard InChI is InChI=1S/C22H22N2O3/c1-2-26-21-10-6-7-18(15-21)24-22(25)16-23-17-11-13-20(14-12-17)27-19-8-4-3-5-9-19/h3-15,23H,2,16H2,1H3,(H,24,25). The summed E-state index contributed by atoms with van der Waals surface area (Å²) in [5.74, 6) is 2.13. The van der Waals surface area contributed by atoms with E-state index in [1.165, 1.54) is 0 Å². The van der Waals surface area contributed by atoms with Gasteiger partial charge in [-0.25, -0.2) is 0 Å². The monoisotopic (exact) mass is 362 g/mol. The summed E-state index contributed by atoms with van der Waals surface area (Å²) in [5.41, 5.74) is 1.55. The second kappa shape index (κ2) is 9.29. The SMILES string of the molecule is CCOc1cccc(NC(=O)CNc2ccc(Oc3ccccc3)cc2)c1. The Morgan fingerprint density at radius 1 is 0.815 bits per heavy atom. The fourth-order valence-corrected chi connectivity index (χ4v) is 2.48. The van der Waals surface area contributed by atoms with Crippen molar-refractivity contribution in [1.82, 2.24) is 0 Å². The van der Waals surface area contributed by atoms with Crippen LogP contribution in [0.2, 0.25) is 0 Å². The van der Waals surface area contributed by atoms with Crippen LogP contribution in [0.4, 0.5) is 11.4 Å². The molecule has 1 amide bonds. The minimum atomic E-state index is -0.131.